The molecule has 10 nitrogen and oxygen atoms in total. The molecule has 0 unspecified atom stereocenters. The van der Waals surface area contributed by atoms with Gasteiger partial charge in [0.1, 0.15) is 41.2 Å². The molecule has 3 aromatic heterocycles. The highest BCUT2D eigenvalue weighted by molar-refractivity contribution is 5.63. The van der Waals surface area contributed by atoms with Gasteiger partial charge in [-0.15, -0.1) is 0 Å². The van der Waals surface area contributed by atoms with Crippen molar-refractivity contribution in [3.05, 3.63) is 35.5 Å². The lowest BCUT2D eigenvalue weighted by molar-refractivity contribution is 0.156. The molecule has 4 heterocycles. The summed E-state index contributed by atoms with van der Waals surface area (Å²) in [6.07, 6.45) is 5.19. The Hall–Kier alpha value is -3.45. The fourth-order valence-corrected chi connectivity index (χ4v) is 3.38. The van der Waals surface area contributed by atoms with Gasteiger partial charge in [-0.3, -0.25) is 0 Å². The number of hydrogen-bond donors (Lipinski definition) is 3. The Morgan fingerprint density at radius 1 is 1.38 bits per heavy atom. The Balaban J connectivity index is 1.67. The number of fused-ring (bicyclic) bond motifs is 1. The lowest BCUT2D eigenvalue weighted by Gasteiger charge is -2.24. The van der Waals surface area contributed by atoms with Gasteiger partial charge in [0.2, 0.25) is 5.88 Å². The van der Waals surface area contributed by atoms with Crippen LogP contribution in [0.3, 0.4) is 0 Å². The van der Waals surface area contributed by atoms with E-state index in [2.05, 4.69) is 25.7 Å². The molecule has 0 bridgehead atoms. The fourth-order valence-electron chi connectivity index (χ4n) is 3.38. The molecule has 1 atom stereocenters. The number of nitrogens with zero attached hydrogens (tertiary/aromatic N) is 6. The van der Waals surface area contributed by atoms with Gasteiger partial charge in [-0.25, -0.2) is 14.5 Å². The van der Waals surface area contributed by atoms with Crippen LogP contribution in [0.4, 0.5) is 11.6 Å². The van der Waals surface area contributed by atoms with Crippen LogP contribution in [0.25, 0.3) is 5.52 Å². The molecule has 0 amide bonds. The predicted octanol–water partition coefficient (Wildman–Crippen LogP) is 1.59. The van der Waals surface area contributed by atoms with Crippen LogP contribution >= 0.6 is 0 Å². The summed E-state index contributed by atoms with van der Waals surface area (Å²) in [5.74, 6) is 1.57. The standard InChI is InChI=1S/C19H23N9O/c1-11-5-8-28-15(11)19(29-13-3-6-22-7-4-13)26-17(27-28)12(2)25-18-14(9-20)16(21)23-10-24-18/h5,8,10,12-13,22H,3-4,6-7H2,1-2H3,(H3,21,23,24,25)/t12-/m0/s1. The molecule has 0 aromatic carbocycles. The molecule has 0 aliphatic carbocycles. The number of anilines is 2. The number of nitrogen functional groups attached to an aromatic ring is 1. The number of hydrogen-bond acceptors (Lipinski definition) is 9. The van der Waals surface area contributed by atoms with Gasteiger partial charge in [-0.2, -0.15) is 15.3 Å². The van der Waals surface area contributed by atoms with Crippen molar-refractivity contribution in [1.82, 2.24) is 29.9 Å². The number of nitriles is 1. The van der Waals surface area contributed by atoms with E-state index in [4.69, 9.17) is 15.5 Å². The smallest absolute Gasteiger partial charge is 0.242 e. The summed E-state index contributed by atoms with van der Waals surface area (Å²) >= 11 is 0. The zero-order chi connectivity index (χ0) is 20.4. The zero-order valence-corrected chi connectivity index (χ0v) is 16.4. The van der Waals surface area contributed by atoms with Gasteiger partial charge in [-0.05, 0) is 51.4 Å². The molecule has 4 N–H and O–H groups in total. The number of aromatic nitrogens is 5. The van der Waals surface area contributed by atoms with Crippen molar-refractivity contribution in [3.63, 3.8) is 0 Å². The van der Waals surface area contributed by atoms with Crippen molar-refractivity contribution in [3.8, 4) is 11.9 Å². The largest absolute Gasteiger partial charge is 0.473 e. The van der Waals surface area contributed by atoms with E-state index in [1.807, 2.05) is 32.2 Å². The van der Waals surface area contributed by atoms with Crippen LogP contribution < -0.4 is 21.1 Å². The van der Waals surface area contributed by atoms with Gasteiger partial charge in [0.15, 0.2) is 5.82 Å². The molecule has 1 aliphatic heterocycles. The van der Waals surface area contributed by atoms with E-state index in [1.54, 1.807) is 4.52 Å². The monoisotopic (exact) mass is 393 g/mol. The second-order valence-corrected chi connectivity index (χ2v) is 7.09. The van der Waals surface area contributed by atoms with Crippen molar-refractivity contribution in [2.24, 2.45) is 0 Å². The summed E-state index contributed by atoms with van der Waals surface area (Å²) in [5, 5.41) is 20.5. The molecule has 0 spiro atoms. The normalized spacial score (nSPS) is 15.8. The van der Waals surface area contributed by atoms with Crippen molar-refractivity contribution in [2.45, 2.75) is 38.8 Å². The highest BCUT2D eigenvalue weighted by Crippen LogP contribution is 2.27. The number of nitrogens with two attached hydrogens (primary N) is 1. The van der Waals surface area contributed by atoms with Crippen LogP contribution in [0.15, 0.2) is 18.6 Å². The lowest BCUT2D eigenvalue weighted by atomic mass is 10.1. The summed E-state index contributed by atoms with van der Waals surface area (Å²) in [6.45, 7) is 5.77. The third kappa shape index (κ3) is 3.77. The zero-order valence-electron chi connectivity index (χ0n) is 16.4. The van der Waals surface area contributed by atoms with Crippen LogP contribution in [0, 0.1) is 18.3 Å². The van der Waals surface area contributed by atoms with Gasteiger partial charge in [0.25, 0.3) is 0 Å². The van der Waals surface area contributed by atoms with Gasteiger partial charge in [0, 0.05) is 6.20 Å². The van der Waals surface area contributed by atoms with Crippen LogP contribution in [0.2, 0.25) is 0 Å². The highest BCUT2D eigenvalue weighted by Gasteiger charge is 2.22. The van der Waals surface area contributed by atoms with E-state index in [-0.39, 0.29) is 23.5 Å². The minimum Gasteiger partial charge on any atom is -0.473 e. The summed E-state index contributed by atoms with van der Waals surface area (Å²) < 4.78 is 8.06. The van der Waals surface area contributed by atoms with Gasteiger partial charge >= 0.3 is 0 Å². The second kappa shape index (κ2) is 7.89. The average Bonchev–Trinajstić information content (AvgIpc) is 3.10. The lowest BCUT2D eigenvalue weighted by Crippen LogP contribution is -2.34. The third-order valence-electron chi connectivity index (χ3n) is 4.99. The second-order valence-electron chi connectivity index (χ2n) is 7.09. The van der Waals surface area contributed by atoms with Crippen molar-refractivity contribution in [2.75, 3.05) is 24.1 Å². The number of piperidine rings is 1. The topological polar surface area (TPSA) is 139 Å². The highest BCUT2D eigenvalue weighted by atomic mass is 16.5. The Labute approximate surface area is 168 Å². The molecule has 0 radical (unpaired) electrons. The molecule has 3 aromatic rings. The summed E-state index contributed by atoms with van der Waals surface area (Å²) in [5.41, 5.74) is 7.89. The quantitative estimate of drug-likeness (QED) is 0.589. The Morgan fingerprint density at radius 2 is 2.17 bits per heavy atom. The molecule has 0 saturated carbocycles. The number of rotatable bonds is 5. The summed E-state index contributed by atoms with van der Waals surface area (Å²) in [4.78, 5) is 12.7. The molecule has 1 fully saturated rings. The molecular weight excluding hydrogens is 370 g/mol. The fraction of sp³-hybridized carbons (Fsp3) is 0.421. The van der Waals surface area contributed by atoms with Gasteiger partial charge < -0.3 is 21.1 Å². The first kappa shape index (κ1) is 18.9. The molecule has 1 saturated heterocycles. The predicted molar refractivity (Wildman–Crippen MR) is 107 cm³/mol. The van der Waals surface area contributed by atoms with E-state index < -0.39 is 0 Å². The summed E-state index contributed by atoms with van der Waals surface area (Å²) in [6, 6.07) is 3.68. The van der Waals surface area contributed by atoms with Crippen LogP contribution in [-0.4, -0.2) is 43.8 Å². The van der Waals surface area contributed by atoms with Gasteiger partial charge in [-0.1, -0.05) is 0 Å². The van der Waals surface area contributed by atoms with Crippen molar-refractivity contribution in [1.29, 1.82) is 5.26 Å². The molecule has 1 aliphatic rings. The van der Waals surface area contributed by atoms with Crippen LogP contribution in [0.5, 0.6) is 5.88 Å². The number of nitrogens with one attached hydrogen (secondary N) is 2. The van der Waals surface area contributed by atoms with Gasteiger partial charge in [0.05, 0.1) is 6.04 Å². The van der Waals surface area contributed by atoms with E-state index in [0.717, 1.165) is 37.0 Å². The first-order valence-corrected chi connectivity index (χ1v) is 9.57. The first-order chi connectivity index (χ1) is 14.1. The maximum atomic E-state index is 9.34. The number of ether oxygens (including phenoxy) is 1. The summed E-state index contributed by atoms with van der Waals surface area (Å²) in [7, 11) is 0. The molecular formula is C19H23N9O. The van der Waals surface area contributed by atoms with Crippen LogP contribution in [-0.2, 0) is 0 Å². The van der Waals surface area contributed by atoms with E-state index in [1.165, 1.54) is 6.33 Å². The Kier molecular flexibility index (Phi) is 5.14. The maximum Gasteiger partial charge on any atom is 0.242 e. The van der Waals surface area contributed by atoms with E-state index >= 15 is 0 Å². The van der Waals surface area contributed by atoms with Crippen LogP contribution in [0.1, 0.15) is 42.8 Å². The average molecular weight is 393 g/mol. The van der Waals surface area contributed by atoms with Crippen molar-refractivity contribution < 1.29 is 4.74 Å². The van der Waals surface area contributed by atoms with E-state index in [0.29, 0.717) is 17.5 Å². The first-order valence-electron chi connectivity index (χ1n) is 9.57. The maximum absolute atomic E-state index is 9.34. The third-order valence-corrected chi connectivity index (χ3v) is 4.99. The van der Waals surface area contributed by atoms with Crippen molar-refractivity contribution >= 4 is 17.2 Å². The number of aryl methyl sites for hydroxylation is 1. The van der Waals surface area contributed by atoms with E-state index in [9.17, 15) is 5.26 Å². The Morgan fingerprint density at radius 3 is 2.93 bits per heavy atom. The molecule has 29 heavy (non-hydrogen) atoms. The minimum atomic E-state index is -0.334. The Bertz CT molecular complexity index is 1070. The minimum absolute atomic E-state index is 0.118. The molecule has 150 valence electrons. The SMILES string of the molecule is Cc1ccn2nc([C@H](C)Nc3ncnc(N)c3C#N)nc(OC3CCNCC3)c12. The molecule has 10 heteroatoms. The molecule has 4 rings (SSSR count).